The molecular formula is C29H26N2O3S. The Morgan fingerprint density at radius 1 is 0.943 bits per heavy atom. The molecule has 5 aromatic rings. The normalized spacial score (nSPS) is 11.6. The Morgan fingerprint density at radius 2 is 1.69 bits per heavy atom. The van der Waals surface area contributed by atoms with Gasteiger partial charge in [-0.15, -0.1) is 0 Å². The zero-order valence-electron chi connectivity index (χ0n) is 20.2. The second kappa shape index (κ2) is 9.19. The van der Waals surface area contributed by atoms with Crippen LogP contribution in [0.1, 0.15) is 42.0 Å². The Kier molecular flexibility index (Phi) is 6.07. The number of hydrogen-bond donors (Lipinski definition) is 0. The summed E-state index contributed by atoms with van der Waals surface area (Å²) in [5.41, 5.74) is 5.80. The molecule has 0 radical (unpaired) electrons. The molecule has 5 rings (SSSR count). The lowest BCUT2D eigenvalue weighted by atomic mass is 9.95. The van der Waals surface area contributed by atoms with Crippen molar-refractivity contribution in [3.8, 4) is 5.69 Å². The van der Waals surface area contributed by atoms with Gasteiger partial charge in [-0.25, -0.2) is 9.78 Å². The lowest BCUT2D eigenvalue weighted by Crippen LogP contribution is -2.21. The number of aryl methyl sites for hydroxylation is 2. The van der Waals surface area contributed by atoms with Gasteiger partial charge < -0.3 is 4.42 Å². The van der Waals surface area contributed by atoms with Crippen LogP contribution in [0.2, 0.25) is 0 Å². The fraction of sp³-hybridized carbons (Fsp3) is 0.207. The van der Waals surface area contributed by atoms with Gasteiger partial charge in [0.25, 0.3) is 5.56 Å². The van der Waals surface area contributed by atoms with E-state index in [1.165, 1.54) is 17.3 Å². The van der Waals surface area contributed by atoms with E-state index in [1.54, 1.807) is 16.7 Å². The molecule has 0 aliphatic carbocycles. The summed E-state index contributed by atoms with van der Waals surface area (Å²) in [7, 11) is 0. The molecule has 3 aromatic carbocycles. The van der Waals surface area contributed by atoms with Crippen molar-refractivity contribution >= 4 is 33.6 Å². The number of hydrogen-bond acceptors (Lipinski definition) is 5. The van der Waals surface area contributed by atoms with Gasteiger partial charge in [0.15, 0.2) is 5.16 Å². The molecule has 2 aromatic heterocycles. The van der Waals surface area contributed by atoms with Crippen molar-refractivity contribution in [1.29, 1.82) is 0 Å². The Labute approximate surface area is 207 Å². The first kappa shape index (κ1) is 23.1. The van der Waals surface area contributed by atoms with Gasteiger partial charge in [0.1, 0.15) is 5.58 Å². The molecular weight excluding hydrogens is 456 g/mol. The molecule has 0 saturated heterocycles. The highest BCUT2D eigenvalue weighted by Gasteiger charge is 2.16. The van der Waals surface area contributed by atoms with E-state index in [0.717, 1.165) is 27.8 Å². The Morgan fingerprint density at radius 3 is 2.43 bits per heavy atom. The maximum atomic E-state index is 13.5. The van der Waals surface area contributed by atoms with Gasteiger partial charge in [0.2, 0.25) is 0 Å². The first-order chi connectivity index (χ1) is 16.8. The molecule has 2 heterocycles. The van der Waals surface area contributed by atoms with E-state index in [0.29, 0.717) is 33.3 Å². The van der Waals surface area contributed by atoms with Gasteiger partial charge in [0.05, 0.1) is 16.6 Å². The quantitative estimate of drug-likeness (QED) is 0.162. The van der Waals surface area contributed by atoms with Crippen molar-refractivity contribution in [1.82, 2.24) is 9.55 Å². The molecule has 0 aliphatic rings. The minimum atomic E-state index is -0.382. The van der Waals surface area contributed by atoms with E-state index in [9.17, 15) is 9.59 Å². The number of fused-ring (bicyclic) bond motifs is 2. The number of rotatable bonds is 5. The fourth-order valence-corrected chi connectivity index (χ4v) is 5.41. The topological polar surface area (TPSA) is 65.1 Å². The molecule has 176 valence electrons. The van der Waals surface area contributed by atoms with Crippen LogP contribution < -0.4 is 11.2 Å². The molecule has 0 saturated carbocycles. The van der Waals surface area contributed by atoms with E-state index in [1.807, 2.05) is 62.4 Å². The Bertz CT molecular complexity index is 1680. The summed E-state index contributed by atoms with van der Waals surface area (Å²) in [6.07, 6.45) is 0. The molecule has 0 spiro atoms. The van der Waals surface area contributed by atoms with Crippen LogP contribution in [0.4, 0.5) is 0 Å². The number of thioether (sulfide) groups is 1. The number of nitrogens with zero attached hydrogens (tertiary/aromatic N) is 2. The van der Waals surface area contributed by atoms with Gasteiger partial charge >= 0.3 is 5.63 Å². The van der Waals surface area contributed by atoms with Crippen molar-refractivity contribution < 1.29 is 4.42 Å². The highest BCUT2D eigenvalue weighted by Crippen LogP contribution is 2.31. The van der Waals surface area contributed by atoms with Crippen LogP contribution in [0, 0.1) is 13.8 Å². The third-order valence-corrected chi connectivity index (χ3v) is 7.22. The van der Waals surface area contributed by atoms with Crippen LogP contribution >= 0.6 is 11.8 Å². The SMILES string of the molecule is Cc1ccc(-n2c(SCc3cc(=O)oc4cc(C)c(C(C)C)cc34)nc3ccccc3c2=O)cc1. The minimum absolute atomic E-state index is 0.114. The average molecular weight is 483 g/mol. The molecule has 5 nitrogen and oxygen atoms in total. The summed E-state index contributed by atoms with van der Waals surface area (Å²) in [5.74, 6) is 0.819. The van der Waals surface area contributed by atoms with Crippen LogP contribution in [0.25, 0.3) is 27.6 Å². The second-order valence-electron chi connectivity index (χ2n) is 9.13. The Hall–Kier alpha value is -3.64. The predicted molar refractivity (Wildman–Crippen MR) is 143 cm³/mol. The maximum Gasteiger partial charge on any atom is 0.336 e. The minimum Gasteiger partial charge on any atom is -0.423 e. The van der Waals surface area contributed by atoms with Crippen molar-refractivity contribution in [2.45, 2.75) is 44.5 Å². The van der Waals surface area contributed by atoms with Crippen molar-refractivity contribution in [2.24, 2.45) is 0 Å². The highest BCUT2D eigenvalue weighted by atomic mass is 32.2. The highest BCUT2D eigenvalue weighted by molar-refractivity contribution is 7.98. The lowest BCUT2D eigenvalue weighted by Gasteiger charge is -2.15. The monoisotopic (exact) mass is 482 g/mol. The molecule has 0 N–H and O–H groups in total. The zero-order chi connectivity index (χ0) is 24.7. The zero-order valence-corrected chi connectivity index (χ0v) is 21.0. The summed E-state index contributed by atoms with van der Waals surface area (Å²) in [4.78, 5) is 30.7. The van der Waals surface area contributed by atoms with Crippen LogP contribution in [0.3, 0.4) is 0 Å². The average Bonchev–Trinajstić information content (AvgIpc) is 2.82. The van der Waals surface area contributed by atoms with Gasteiger partial charge in [-0.1, -0.05) is 55.4 Å². The molecule has 0 unspecified atom stereocenters. The molecule has 0 aliphatic heterocycles. The molecule has 35 heavy (non-hydrogen) atoms. The van der Waals surface area contributed by atoms with Crippen LogP contribution in [-0.4, -0.2) is 9.55 Å². The summed E-state index contributed by atoms with van der Waals surface area (Å²) in [6, 6.07) is 20.8. The first-order valence-electron chi connectivity index (χ1n) is 11.6. The summed E-state index contributed by atoms with van der Waals surface area (Å²) in [5, 5.41) is 2.06. The Balaban J connectivity index is 1.64. The summed E-state index contributed by atoms with van der Waals surface area (Å²) >= 11 is 1.44. The lowest BCUT2D eigenvalue weighted by molar-refractivity contribution is 0.559. The number of aromatic nitrogens is 2. The largest absolute Gasteiger partial charge is 0.423 e. The van der Waals surface area contributed by atoms with Crippen LogP contribution in [0.15, 0.2) is 85.9 Å². The van der Waals surface area contributed by atoms with Crippen molar-refractivity contribution in [3.63, 3.8) is 0 Å². The van der Waals surface area contributed by atoms with E-state index in [2.05, 4.69) is 19.9 Å². The summed E-state index contributed by atoms with van der Waals surface area (Å²) in [6.45, 7) is 8.36. The first-order valence-corrected chi connectivity index (χ1v) is 12.6. The second-order valence-corrected chi connectivity index (χ2v) is 10.1. The van der Waals surface area contributed by atoms with E-state index < -0.39 is 0 Å². The molecule has 0 amide bonds. The number of benzene rings is 3. The standard InChI is InChI=1S/C29H26N2O3S/c1-17(2)23-15-24-20(14-27(32)34-26(24)13-19(23)4)16-35-29-30-25-8-6-5-7-22(25)28(33)31(29)21-11-9-18(3)10-12-21/h5-15,17H,16H2,1-4H3. The van der Waals surface area contributed by atoms with Crippen molar-refractivity contribution in [2.75, 3.05) is 0 Å². The van der Waals surface area contributed by atoms with Gasteiger partial charge in [-0.2, -0.15) is 0 Å². The third-order valence-electron chi connectivity index (χ3n) is 6.23. The maximum absolute atomic E-state index is 13.5. The van der Waals surface area contributed by atoms with Crippen LogP contribution in [-0.2, 0) is 5.75 Å². The van der Waals surface area contributed by atoms with Gasteiger partial charge in [0, 0.05) is 17.2 Å². The van der Waals surface area contributed by atoms with Crippen molar-refractivity contribution in [3.05, 3.63) is 110 Å². The molecule has 0 fully saturated rings. The van der Waals surface area contributed by atoms with Gasteiger partial charge in [-0.3, -0.25) is 9.36 Å². The molecule has 0 atom stereocenters. The fourth-order valence-electron chi connectivity index (χ4n) is 4.41. The molecule has 0 bridgehead atoms. The third kappa shape index (κ3) is 4.42. The van der Waals surface area contributed by atoms with E-state index in [-0.39, 0.29) is 11.2 Å². The van der Waals surface area contributed by atoms with E-state index >= 15 is 0 Å². The van der Waals surface area contributed by atoms with Gasteiger partial charge in [-0.05, 0) is 72.9 Å². The van der Waals surface area contributed by atoms with E-state index in [4.69, 9.17) is 9.40 Å². The molecule has 6 heteroatoms. The predicted octanol–water partition coefficient (Wildman–Crippen LogP) is 6.52. The number of para-hydroxylation sites is 1. The smallest absolute Gasteiger partial charge is 0.336 e. The summed E-state index contributed by atoms with van der Waals surface area (Å²) < 4.78 is 7.17. The van der Waals surface area contributed by atoms with Crippen LogP contribution in [0.5, 0.6) is 0 Å².